The minimum atomic E-state index is -0.0496. The van der Waals surface area contributed by atoms with Crippen LogP contribution in [0.25, 0.3) is 0 Å². The van der Waals surface area contributed by atoms with E-state index in [1.165, 1.54) is 28.8 Å². The second-order valence-corrected chi connectivity index (χ2v) is 11.2. The van der Waals surface area contributed by atoms with Gasteiger partial charge in [0.05, 0.1) is 39.1 Å². The van der Waals surface area contributed by atoms with Crippen molar-refractivity contribution in [3.63, 3.8) is 0 Å². The van der Waals surface area contributed by atoms with Crippen LogP contribution in [0.4, 0.5) is 5.69 Å². The van der Waals surface area contributed by atoms with Crippen LogP contribution >= 0.6 is 0 Å². The van der Waals surface area contributed by atoms with Crippen LogP contribution in [0.5, 0.6) is 11.5 Å². The van der Waals surface area contributed by atoms with Crippen LogP contribution in [0.15, 0.2) is 66.7 Å². The lowest BCUT2D eigenvalue weighted by Crippen LogP contribution is -2.41. The predicted molar refractivity (Wildman–Crippen MR) is 167 cm³/mol. The van der Waals surface area contributed by atoms with E-state index < -0.39 is 0 Å². The summed E-state index contributed by atoms with van der Waals surface area (Å²) in [6.07, 6.45) is 5.66. The molecule has 3 atom stereocenters. The quantitative estimate of drug-likeness (QED) is 0.192. The number of ether oxygens (including phenoxy) is 4. The van der Waals surface area contributed by atoms with Crippen LogP contribution in [0.2, 0.25) is 0 Å². The standard InChI is InChI=1S/C35H46N2O5/c1-39-33-9-3-2-7-29(33)25-40-21-6-22-41-30-15-13-26(14-16-30)31-17-19-36-24-35(31)42-34(10-5-20-38)28-12-11-27-8-4-18-37-32(27)23-28/h2-3,7,9,11-16,23,31,34-38H,4-6,8,10,17-22,24-25H2,1H3/t31-,34?,35+/m1/s1. The summed E-state index contributed by atoms with van der Waals surface area (Å²) in [7, 11) is 1.68. The molecule has 42 heavy (non-hydrogen) atoms. The highest BCUT2D eigenvalue weighted by Crippen LogP contribution is 2.36. The number of para-hydroxylation sites is 1. The van der Waals surface area contributed by atoms with Crippen molar-refractivity contribution >= 4 is 5.69 Å². The SMILES string of the molecule is COc1ccccc1COCCCOc1ccc([C@H]2CCNC[C@@H]2OC(CCCO)c2ccc3c(c2)NCCC3)cc1. The van der Waals surface area contributed by atoms with Crippen molar-refractivity contribution in [2.24, 2.45) is 0 Å². The maximum Gasteiger partial charge on any atom is 0.124 e. The van der Waals surface area contributed by atoms with E-state index in [-0.39, 0.29) is 18.8 Å². The predicted octanol–water partition coefficient (Wildman–Crippen LogP) is 6.01. The highest BCUT2D eigenvalue weighted by molar-refractivity contribution is 5.55. The molecule has 1 unspecified atom stereocenters. The van der Waals surface area contributed by atoms with Crippen LogP contribution < -0.4 is 20.1 Å². The Morgan fingerprint density at radius 3 is 2.71 bits per heavy atom. The third kappa shape index (κ3) is 8.26. The van der Waals surface area contributed by atoms with Crippen LogP contribution in [0, 0.1) is 0 Å². The molecule has 3 N–H and O–H groups in total. The van der Waals surface area contributed by atoms with E-state index in [4.69, 9.17) is 18.9 Å². The van der Waals surface area contributed by atoms with E-state index in [1.54, 1.807) is 7.11 Å². The van der Waals surface area contributed by atoms with E-state index in [1.807, 2.05) is 24.3 Å². The highest BCUT2D eigenvalue weighted by atomic mass is 16.5. The molecule has 0 saturated carbocycles. The molecular formula is C35H46N2O5. The molecule has 2 aliphatic heterocycles. The summed E-state index contributed by atoms with van der Waals surface area (Å²) in [5, 5.41) is 16.7. The van der Waals surface area contributed by atoms with Gasteiger partial charge in [-0.15, -0.1) is 0 Å². The largest absolute Gasteiger partial charge is 0.496 e. The summed E-state index contributed by atoms with van der Waals surface area (Å²) < 4.78 is 24.1. The van der Waals surface area contributed by atoms with Crippen LogP contribution in [-0.4, -0.2) is 57.8 Å². The zero-order chi connectivity index (χ0) is 29.0. The number of nitrogens with one attached hydrogen (secondary N) is 2. The third-order valence-corrected chi connectivity index (χ3v) is 8.29. The minimum absolute atomic E-state index is 0.0496. The molecule has 226 valence electrons. The highest BCUT2D eigenvalue weighted by Gasteiger charge is 2.30. The molecule has 3 aromatic carbocycles. The first-order chi connectivity index (χ1) is 20.7. The lowest BCUT2D eigenvalue weighted by Gasteiger charge is -2.35. The molecule has 1 fully saturated rings. The lowest BCUT2D eigenvalue weighted by atomic mass is 9.87. The molecule has 0 aliphatic carbocycles. The third-order valence-electron chi connectivity index (χ3n) is 8.29. The number of aliphatic hydroxyl groups is 1. The molecule has 2 aliphatic rings. The molecule has 7 heteroatoms. The Hall–Kier alpha value is -3.10. The summed E-state index contributed by atoms with van der Waals surface area (Å²) in [6, 6.07) is 23.2. The zero-order valence-electron chi connectivity index (χ0n) is 24.9. The maximum atomic E-state index is 9.58. The first-order valence-electron chi connectivity index (χ1n) is 15.5. The number of piperidine rings is 1. The van der Waals surface area contributed by atoms with E-state index >= 15 is 0 Å². The Morgan fingerprint density at radius 2 is 1.86 bits per heavy atom. The van der Waals surface area contributed by atoms with Crippen molar-refractivity contribution in [1.29, 1.82) is 0 Å². The van der Waals surface area contributed by atoms with Gasteiger partial charge in [0.25, 0.3) is 0 Å². The first-order valence-corrected chi connectivity index (χ1v) is 15.5. The van der Waals surface area contributed by atoms with Gasteiger partial charge in [0.2, 0.25) is 0 Å². The Balaban J connectivity index is 1.14. The van der Waals surface area contributed by atoms with E-state index in [0.29, 0.717) is 25.7 Å². The van der Waals surface area contributed by atoms with E-state index in [2.05, 4.69) is 53.1 Å². The molecule has 5 rings (SSSR count). The van der Waals surface area contributed by atoms with Gasteiger partial charge >= 0.3 is 0 Å². The fourth-order valence-corrected chi connectivity index (χ4v) is 6.00. The van der Waals surface area contributed by atoms with Gasteiger partial charge < -0.3 is 34.7 Å². The maximum absolute atomic E-state index is 9.58. The number of fused-ring (bicyclic) bond motifs is 1. The molecule has 1 saturated heterocycles. The summed E-state index contributed by atoms with van der Waals surface area (Å²) in [5.74, 6) is 2.03. The Labute approximate surface area is 250 Å². The zero-order valence-corrected chi connectivity index (χ0v) is 24.9. The average Bonchev–Trinajstić information content (AvgIpc) is 3.05. The summed E-state index contributed by atoms with van der Waals surface area (Å²) in [4.78, 5) is 0. The summed E-state index contributed by atoms with van der Waals surface area (Å²) >= 11 is 0. The molecule has 2 heterocycles. The van der Waals surface area contributed by atoms with Gasteiger partial charge in [-0.2, -0.15) is 0 Å². The molecule has 0 aromatic heterocycles. The molecular weight excluding hydrogens is 528 g/mol. The molecule has 7 nitrogen and oxygen atoms in total. The van der Waals surface area contributed by atoms with Crippen molar-refractivity contribution < 1.29 is 24.1 Å². The molecule has 0 amide bonds. The van der Waals surface area contributed by atoms with Gasteiger partial charge in [-0.1, -0.05) is 42.5 Å². The van der Waals surface area contributed by atoms with Crippen molar-refractivity contribution in [3.8, 4) is 11.5 Å². The van der Waals surface area contributed by atoms with Crippen molar-refractivity contribution in [2.75, 3.05) is 51.9 Å². The number of methoxy groups -OCH3 is 1. The lowest BCUT2D eigenvalue weighted by molar-refractivity contribution is -0.0418. The fraction of sp³-hybridized carbons (Fsp3) is 0.486. The molecule has 3 aromatic rings. The van der Waals surface area contributed by atoms with Crippen molar-refractivity contribution in [3.05, 3.63) is 89.0 Å². The average molecular weight is 575 g/mol. The van der Waals surface area contributed by atoms with Crippen molar-refractivity contribution in [1.82, 2.24) is 5.32 Å². The second kappa shape index (κ2) is 15.9. The number of rotatable bonds is 15. The van der Waals surface area contributed by atoms with Crippen molar-refractivity contribution in [2.45, 2.75) is 63.3 Å². The summed E-state index contributed by atoms with van der Waals surface area (Å²) in [5.41, 5.74) is 6.13. The number of anilines is 1. The topological polar surface area (TPSA) is 81.2 Å². The number of aryl methyl sites for hydroxylation is 1. The monoisotopic (exact) mass is 574 g/mol. The van der Waals surface area contributed by atoms with Gasteiger partial charge in [0.1, 0.15) is 11.5 Å². The van der Waals surface area contributed by atoms with Crippen LogP contribution in [-0.2, 0) is 22.5 Å². The fourth-order valence-electron chi connectivity index (χ4n) is 6.00. The van der Waals surface area contributed by atoms with E-state index in [0.717, 1.165) is 68.8 Å². The summed E-state index contributed by atoms with van der Waals surface area (Å²) in [6.45, 7) is 4.74. The number of hydrogen-bond acceptors (Lipinski definition) is 7. The van der Waals surface area contributed by atoms with Gasteiger partial charge in [0, 0.05) is 43.3 Å². The smallest absolute Gasteiger partial charge is 0.124 e. The Morgan fingerprint density at radius 1 is 0.976 bits per heavy atom. The van der Waals surface area contributed by atoms with Gasteiger partial charge in [-0.25, -0.2) is 0 Å². The normalized spacial score (nSPS) is 19.0. The second-order valence-electron chi connectivity index (χ2n) is 11.2. The Bertz CT molecular complexity index is 1230. The number of hydrogen-bond donors (Lipinski definition) is 3. The van der Waals surface area contributed by atoms with Gasteiger partial charge in [-0.3, -0.25) is 0 Å². The molecule has 0 bridgehead atoms. The Kier molecular flexibility index (Phi) is 11.5. The van der Waals surface area contributed by atoms with Gasteiger partial charge in [0.15, 0.2) is 0 Å². The van der Waals surface area contributed by atoms with Crippen LogP contribution in [0.1, 0.15) is 66.4 Å². The van der Waals surface area contributed by atoms with Crippen LogP contribution in [0.3, 0.4) is 0 Å². The number of benzene rings is 3. The van der Waals surface area contributed by atoms with Gasteiger partial charge in [-0.05, 0) is 79.6 Å². The minimum Gasteiger partial charge on any atom is -0.496 e. The van der Waals surface area contributed by atoms with E-state index in [9.17, 15) is 5.11 Å². The molecule has 0 radical (unpaired) electrons. The first kappa shape index (κ1) is 30.4. The molecule has 0 spiro atoms. The number of aliphatic hydroxyl groups excluding tert-OH is 1.